The third kappa shape index (κ3) is 2.09. The summed E-state index contributed by atoms with van der Waals surface area (Å²) in [6.45, 7) is -0.109. The zero-order valence-electron chi connectivity index (χ0n) is 14.5. The number of aromatic nitrogens is 1. The molecule has 4 fully saturated rings. The van der Waals surface area contributed by atoms with Crippen LogP contribution >= 0.6 is 0 Å². The quantitative estimate of drug-likeness (QED) is 0.745. The molecule has 0 spiro atoms. The van der Waals surface area contributed by atoms with Crippen molar-refractivity contribution in [1.29, 1.82) is 0 Å². The van der Waals surface area contributed by atoms with Gasteiger partial charge in [0, 0.05) is 23.9 Å². The highest BCUT2D eigenvalue weighted by molar-refractivity contribution is 5.82. The maximum absolute atomic E-state index is 14.6. The van der Waals surface area contributed by atoms with Gasteiger partial charge in [0.2, 0.25) is 0 Å². The molecule has 6 rings (SSSR count). The summed E-state index contributed by atoms with van der Waals surface area (Å²) in [5, 5.41) is 1.02. The number of benzene rings is 1. The van der Waals surface area contributed by atoms with Gasteiger partial charge in [0.25, 0.3) is 5.92 Å². The summed E-state index contributed by atoms with van der Waals surface area (Å²) in [4.78, 5) is 16.5. The van der Waals surface area contributed by atoms with Gasteiger partial charge in [0.1, 0.15) is 6.61 Å². The van der Waals surface area contributed by atoms with Crippen LogP contribution in [0.5, 0.6) is 0 Å². The first-order valence-electron chi connectivity index (χ1n) is 9.40. The fourth-order valence-electron chi connectivity index (χ4n) is 5.64. The van der Waals surface area contributed by atoms with Gasteiger partial charge in [-0.05, 0) is 55.2 Å². The Morgan fingerprint density at radius 2 is 2.04 bits per heavy atom. The summed E-state index contributed by atoms with van der Waals surface area (Å²) in [6, 6.07) is 9.67. The minimum absolute atomic E-state index is 0.0550. The third-order valence-corrected chi connectivity index (χ3v) is 7.01. The molecule has 3 nitrogen and oxygen atoms in total. The van der Waals surface area contributed by atoms with E-state index < -0.39 is 17.3 Å². The lowest BCUT2D eigenvalue weighted by molar-refractivity contribution is -0.165. The molecule has 4 bridgehead atoms. The van der Waals surface area contributed by atoms with Crippen LogP contribution in [0.3, 0.4) is 0 Å². The minimum atomic E-state index is -2.66. The first kappa shape index (κ1) is 16.2. The number of rotatable bonds is 5. The van der Waals surface area contributed by atoms with Crippen molar-refractivity contribution in [3.05, 3.63) is 42.1 Å². The van der Waals surface area contributed by atoms with Gasteiger partial charge in [-0.15, -0.1) is 0 Å². The maximum atomic E-state index is 14.6. The number of hydrogen-bond acceptors (Lipinski definition) is 3. The number of carbonyl (C=O) groups excluding carboxylic acids is 1. The molecule has 4 unspecified atom stereocenters. The van der Waals surface area contributed by atoms with Crippen molar-refractivity contribution in [3.63, 3.8) is 0 Å². The van der Waals surface area contributed by atoms with Crippen LogP contribution in [0.1, 0.15) is 31.2 Å². The number of pyridine rings is 1. The maximum Gasteiger partial charge on any atom is 0.306 e. The first-order valence-corrected chi connectivity index (χ1v) is 9.40. The van der Waals surface area contributed by atoms with Crippen molar-refractivity contribution in [2.75, 3.05) is 6.61 Å². The van der Waals surface area contributed by atoms with Gasteiger partial charge >= 0.3 is 5.97 Å². The molecule has 2 aromatic rings. The number of halogens is 2. The van der Waals surface area contributed by atoms with Crippen molar-refractivity contribution in [2.24, 2.45) is 23.2 Å². The molecule has 4 atom stereocenters. The highest BCUT2D eigenvalue weighted by atomic mass is 19.3. The van der Waals surface area contributed by atoms with Crippen molar-refractivity contribution >= 4 is 16.9 Å². The van der Waals surface area contributed by atoms with E-state index in [1.54, 1.807) is 6.20 Å². The van der Waals surface area contributed by atoms with Crippen LogP contribution in [-0.2, 0) is 16.0 Å². The molecule has 4 aliphatic carbocycles. The van der Waals surface area contributed by atoms with Crippen molar-refractivity contribution < 1.29 is 18.3 Å². The van der Waals surface area contributed by atoms with E-state index in [1.807, 2.05) is 30.3 Å². The smallest absolute Gasteiger partial charge is 0.306 e. The van der Waals surface area contributed by atoms with Gasteiger partial charge in [0.15, 0.2) is 0 Å². The van der Waals surface area contributed by atoms with E-state index >= 15 is 0 Å². The van der Waals surface area contributed by atoms with Crippen molar-refractivity contribution in [1.82, 2.24) is 4.98 Å². The molecule has 1 heterocycles. The Morgan fingerprint density at radius 3 is 2.81 bits per heavy atom. The van der Waals surface area contributed by atoms with Crippen molar-refractivity contribution in [2.45, 2.75) is 38.0 Å². The van der Waals surface area contributed by atoms with Crippen LogP contribution in [0, 0.1) is 23.2 Å². The topological polar surface area (TPSA) is 39.2 Å². The van der Waals surface area contributed by atoms with Crippen LogP contribution in [0.2, 0.25) is 0 Å². The number of carbonyl (C=O) groups is 1. The van der Waals surface area contributed by atoms with E-state index in [0.29, 0.717) is 19.3 Å². The van der Waals surface area contributed by atoms with Gasteiger partial charge in [-0.2, -0.15) is 0 Å². The SMILES string of the molecule is O=C(CCc1ccnc2ccccc12)OCC12C3CCC(CC31)C2(F)F. The van der Waals surface area contributed by atoms with Crippen LogP contribution in [-0.4, -0.2) is 23.5 Å². The summed E-state index contributed by atoms with van der Waals surface area (Å²) < 4.78 is 34.6. The lowest BCUT2D eigenvalue weighted by atomic mass is 9.78. The highest BCUT2D eigenvalue weighted by Crippen LogP contribution is 2.81. The molecular formula is C21H21F2NO2. The number of nitrogens with zero attached hydrogens (tertiary/aromatic N) is 1. The Labute approximate surface area is 150 Å². The van der Waals surface area contributed by atoms with Crippen LogP contribution in [0.4, 0.5) is 8.78 Å². The average molecular weight is 357 g/mol. The van der Waals surface area contributed by atoms with Crippen LogP contribution in [0.15, 0.2) is 36.5 Å². The number of fused-ring (bicyclic) bond motifs is 2. The molecule has 4 aliphatic rings. The van der Waals surface area contributed by atoms with Crippen LogP contribution < -0.4 is 0 Å². The minimum Gasteiger partial charge on any atom is -0.465 e. The fourth-order valence-corrected chi connectivity index (χ4v) is 5.64. The molecule has 0 N–H and O–H groups in total. The zero-order valence-corrected chi connectivity index (χ0v) is 14.5. The Hall–Kier alpha value is -2.04. The van der Waals surface area contributed by atoms with E-state index in [-0.39, 0.29) is 30.8 Å². The summed E-state index contributed by atoms with van der Waals surface area (Å²) in [5.41, 5.74) is 0.870. The van der Waals surface area contributed by atoms with E-state index in [2.05, 4.69) is 4.98 Å². The lowest BCUT2D eigenvalue weighted by Gasteiger charge is -2.35. The van der Waals surface area contributed by atoms with Gasteiger partial charge in [0.05, 0.1) is 10.9 Å². The number of alkyl halides is 2. The second-order valence-electron chi connectivity index (χ2n) is 8.03. The van der Waals surface area contributed by atoms with Gasteiger partial charge < -0.3 is 4.74 Å². The predicted molar refractivity (Wildman–Crippen MR) is 92.7 cm³/mol. The molecule has 26 heavy (non-hydrogen) atoms. The molecule has 1 aromatic heterocycles. The summed E-state index contributed by atoms with van der Waals surface area (Å²) in [5.74, 6) is -3.43. The molecule has 4 saturated carbocycles. The Bertz CT molecular complexity index is 872. The number of hydrogen-bond donors (Lipinski definition) is 0. The van der Waals surface area contributed by atoms with E-state index in [9.17, 15) is 13.6 Å². The third-order valence-electron chi connectivity index (χ3n) is 7.01. The van der Waals surface area contributed by atoms with E-state index in [1.165, 1.54) is 0 Å². The molecule has 0 radical (unpaired) electrons. The summed E-state index contributed by atoms with van der Waals surface area (Å²) in [6.07, 6.45) is 4.56. The van der Waals surface area contributed by atoms with E-state index in [0.717, 1.165) is 22.9 Å². The summed E-state index contributed by atoms with van der Waals surface area (Å²) in [7, 11) is 0. The second-order valence-corrected chi connectivity index (χ2v) is 8.03. The standard InChI is InChI=1S/C21H21F2NO2/c22-21(23)14-6-7-16-17(11-14)20(16,21)12-26-19(25)8-5-13-9-10-24-18-4-2-1-3-15(13)18/h1-4,9-10,14,16-17H,5-8,11-12H2. The number of para-hydroxylation sites is 1. The number of ether oxygens (including phenoxy) is 1. The fraction of sp³-hybridized carbons (Fsp3) is 0.524. The highest BCUT2D eigenvalue weighted by Gasteiger charge is 2.85. The van der Waals surface area contributed by atoms with Gasteiger partial charge in [-0.25, -0.2) is 8.78 Å². The van der Waals surface area contributed by atoms with Crippen molar-refractivity contribution in [3.8, 4) is 0 Å². The monoisotopic (exact) mass is 357 g/mol. The van der Waals surface area contributed by atoms with E-state index in [4.69, 9.17) is 4.74 Å². The Balaban J connectivity index is 1.23. The largest absolute Gasteiger partial charge is 0.465 e. The predicted octanol–water partition coefficient (Wildman–Crippen LogP) is 4.39. The Kier molecular flexibility index (Phi) is 3.40. The number of esters is 1. The summed E-state index contributed by atoms with van der Waals surface area (Å²) >= 11 is 0. The second kappa shape index (κ2) is 5.48. The molecule has 1 aromatic carbocycles. The molecule has 5 heteroatoms. The lowest BCUT2D eigenvalue weighted by Crippen LogP contribution is -2.42. The molecule has 0 aliphatic heterocycles. The first-order chi connectivity index (χ1) is 12.5. The molecule has 0 amide bonds. The van der Waals surface area contributed by atoms with Gasteiger partial charge in [-0.3, -0.25) is 9.78 Å². The molecular weight excluding hydrogens is 336 g/mol. The molecule has 136 valence electrons. The number of aryl methyl sites for hydroxylation is 1. The average Bonchev–Trinajstić information content (AvgIpc) is 3.28. The normalized spacial score (nSPS) is 33.2. The molecule has 0 saturated heterocycles. The van der Waals surface area contributed by atoms with Crippen LogP contribution in [0.25, 0.3) is 10.9 Å². The van der Waals surface area contributed by atoms with Gasteiger partial charge in [-0.1, -0.05) is 18.2 Å². The zero-order chi connectivity index (χ0) is 17.9. The Morgan fingerprint density at radius 1 is 1.19 bits per heavy atom.